The van der Waals surface area contributed by atoms with E-state index < -0.39 is 15.9 Å². The minimum absolute atomic E-state index is 0.0980. The summed E-state index contributed by atoms with van der Waals surface area (Å²) in [5.74, 6) is -0.103. The van der Waals surface area contributed by atoms with Crippen LogP contribution in [-0.4, -0.2) is 39.7 Å². The van der Waals surface area contributed by atoms with Crippen molar-refractivity contribution in [2.45, 2.75) is 18.2 Å². The maximum absolute atomic E-state index is 12.9. The zero-order valence-electron chi connectivity index (χ0n) is 17.0. The number of aromatic nitrogens is 1. The van der Waals surface area contributed by atoms with E-state index in [0.29, 0.717) is 40.8 Å². The van der Waals surface area contributed by atoms with Gasteiger partial charge in [0.15, 0.2) is 0 Å². The number of benzene rings is 2. The van der Waals surface area contributed by atoms with Crippen molar-refractivity contribution in [3.05, 3.63) is 64.9 Å². The van der Waals surface area contributed by atoms with Crippen molar-refractivity contribution in [1.82, 2.24) is 9.88 Å². The number of halogens is 1. The average molecular weight is 464 g/mol. The van der Waals surface area contributed by atoms with E-state index in [-0.39, 0.29) is 17.0 Å². The molecule has 0 aliphatic carbocycles. The molecule has 164 valence electrons. The first-order valence-electron chi connectivity index (χ1n) is 9.44. The van der Waals surface area contributed by atoms with Gasteiger partial charge in [0.05, 0.1) is 9.92 Å². The molecule has 0 saturated carbocycles. The Balaban J connectivity index is 1.75. The van der Waals surface area contributed by atoms with E-state index in [1.165, 1.54) is 24.3 Å². The normalized spacial score (nSPS) is 11.5. The predicted molar refractivity (Wildman–Crippen MR) is 118 cm³/mol. The maximum atomic E-state index is 12.9. The van der Waals surface area contributed by atoms with Gasteiger partial charge >= 0.3 is 0 Å². The van der Waals surface area contributed by atoms with Gasteiger partial charge in [0.2, 0.25) is 10.0 Å². The molecule has 3 rings (SSSR count). The highest BCUT2D eigenvalue weighted by molar-refractivity contribution is 7.89. The van der Waals surface area contributed by atoms with Gasteiger partial charge in [-0.25, -0.2) is 13.1 Å². The molecule has 2 N–H and O–H groups in total. The van der Waals surface area contributed by atoms with E-state index in [2.05, 4.69) is 15.2 Å². The van der Waals surface area contributed by atoms with Crippen LogP contribution < -0.4 is 10.0 Å². The Morgan fingerprint density at radius 2 is 1.87 bits per heavy atom. The zero-order chi connectivity index (χ0) is 22.4. The van der Waals surface area contributed by atoms with E-state index >= 15 is 0 Å². The molecule has 0 radical (unpaired) electrons. The Hall–Kier alpha value is -2.72. The molecule has 1 amide bonds. The Labute approximate surface area is 185 Å². The fraction of sp³-hybridized carbons (Fsp3) is 0.238. The molecule has 8 nitrogen and oxygen atoms in total. The quantitative estimate of drug-likeness (QED) is 0.466. The molecular formula is C21H22ClN3O5S. The first kappa shape index (κ1) is 23.0. The lowest BCUT2D eigenvalue weighted by Gasteiger charge is -2.09. The van der Waals surface area contributed by atoms with Crippen molar-refractivity contribution in [2.24, 2.45) is 0 Å². The third-order valence-electron chi connectivity index (χ3n) is 4.46. The smallest absolute Gasteiger partial charge is 0.261 e. The van der Waals surface area contributed by atoms with Crippen LogP contribution in [0.3, 0.4) is 0 Å². The Kier molecular flexibility index (Phi) is 7.45. The molecule has 0 unspecified atom stereocenters. The molecule has 0 fully saturated rings. The fourth-order valence-electron chi connectivity index (χ4n) is 2.89. The van der Waals surface area contributed by atoms with E-state index in [1.807, 2.05) is 0 Å². The highest BCUT2D eigenvalue weighted by atomic mass is 35.5. The molecule has 31 heavy (non-hydrogen) atoms. The zero-order valence-corrected chi connectivity index (χ0v) is 18.6. The van der Waals surface area contributed by atoms with Gasteiger partial charge in [-0.15, -0.1) is 0 Å². The lowest BCUT2D eigenvalue weighted by molar-refractivity contribution is 0.102. The lowest BCUT2D eigenvalue weighted by Crippen LogP contribution is -2.25. The van der Waals surface area contributed by atoms with Crippen molar-refractivity contribution in [2.75, 3.05) is 25.6 Å². The van der Waals surface area contributed by atoms with Gasteiger partial charge in [0, 0.05) is 31.5 Å². The van der Waals surface area contributed by atoms with Crippen LogP contribution >= 0.6 is 11.6 Å². The molecule has 0 spiro atoms. The van der Waals surface area contributed by atoms with Crippen LogP contribution in [0.15, 0.2) is 57.9 Å². The van der Waals surface area contributed by atoms with Crippen LogP contribution in [0.5, 0.6) is 0 Å². The lowest BCUT2D eigenvalue weighted by atomic mass is 10.1. The second-order valence-corrected chi connectivity index (χ2v) is 8.84. The van der Waals surface area contributed by atoms with Gasteiger partial charge in [-0.3, -0.25) is 4.79 Å². The minimum atomic E-state index is -3.64. The van der Waals surface area contributed by atoms with Crippen molar-refractivity contribution < 1.29 is 22.5 Å². The maximum Gasteiger partial charge on any atom is 0.261 e. The van der Waals surface area contributed by atoms with Crippen LogP contribution in [0.1, 0.15) is 22.5 Å². The number of hydrogen-bond donors (Lipinski definition) is 2. The number of carbonyl (C=O) groups is 1. The number of rotatable bonds is 9. The minimum Gasteiger partial charge on any atom is -0.385 e. The Bertz CT molecular complexity index is 1160. The topological polar surface area (TPSA) is 111 Å². The first-order valence-corrected chi connectivity index (χ1v) is 11.3. The second-order valence-electron chi connectivity index (χ2n) is 6.66. The van der Waals surface area contributed by atoms with Gasteiger partial charge in [-0.2, -0.15) is 0 Å². The summed E-state index contributed by atoms with van der Waals surface area (Å²) in [4.78, 5) is 13.0. The van der Waals surface area contributed by atoms with E-state index in [9.17, 15) is 13.2 Å². The van der Waals surface area contributed by atoms with Gasteiger partial charge in [-0.05, 0) is 43.7 Å². The summed E-state index contributed by atoms with van der Waals surface area (Å²) < 4.78 is 37.3. The molecule has 0 saturated heterocycles. The third-order valence-corrected chi connectivity index (χ3v) is 6.27. The number of ether oxygens (including phenoxy) is 1. The van der Waals surface area contributed by atoms with E-state index in [0.717, 1.165) is 0 Å². The monoisotopic (exact) mass is 463 g/mol. The number of nitrogens with zero attached hydrogens (tertiary/aromatic N) is 1. The van der Waals surface area contributed by atoms with Crippen LogP contribution in [0.4, 0.5) is 5.69 Å². The molecule has 0 aliphatic rings. The summed E-state index contributed by atoms with van der Waals surface area (Å²) in [6.45, 7) is 2.37. The predicted octanol–water partition coefficient (Wildman–Crippen LogP) is 3.87. The molecule has 2 aromatic carbocycles. The van der Waals surface area contributed by atoms with Crippen molar-refractivity contribution in [1.29, 1.82) is 0 Å². The highest BCUT2D eigenvalue weighted by Crippen LogP contribution is 2.31. The number of anilines is 1. The summed E-state index contributed by atoms with van der Waals surface area (Å²) in [5, 5.41) is 7.16. The summed E-state index contributed by atoms with van der Waals surface area (Å²) in [6, 6.07) is 12.9. The fourth-order valence-corrected chi connectivity index (χ4v) is 4.19. The standard InChI is InChI=1S/C21H22ClN3O5S/c1-14-19(20(25-30-14)17-6-3-4-7-18(17)22)21(26)24-15-8-10-16(11-9-15)31(27,28)23-12-5-13-29-2/h3-4,6-11,23H,5,12-13H2,1-2H3,(H,24,26). The average Bonchev–Trinajstić information content (AvgIpc) is 3.13. The number of carbonyl (C=O) groups excluding carboxylic acids is 1. The summed E-state index contributed by atoms with van der Waals surface area (Å²) >= 11 is 6.24. The van der Waals surface area contributed by atoms with Crippen LogP contribution in [0.2, 0.25) is 5.02 Å². The number of methoxy groups -OCH3 is 1. The van der Waals surface area contributed by atoms with Gasteiger partial charge < -0.3 is 14.6 Å². The van der Waals surface area contributed by atoms with Crippen molar-refractivity contribution >= 4 is 33.2 Å². The summed E-state index contributed by atoms with van der Waals surface area (Å²) in [7, 11) is -2.09. The SMILES string of the molecule is COCCCNS(=O)(=O)c1ccc(NC(=O)c2c(-c3ccccc3Cl)noc2C)cc1. The van der Waals surface area contributed by atoms with Gasteiger partial charge in [0.1, 0.15) is 17.0 Å². The van der Waals surface area contributed by atoms with Crippen LogP contribution in [0.25, 0.3) is 11.3 Å². The Morgan fingerprint density at radius 1 is 1.16 bits per heavy atom. The number of sulfonamides is 1. The number of nitrogens with one attached hydrogen (secondary N) is 2. The molecule has 3 aromatic rings. The number of hydrogen-bond acceptors (Lipinski definition) is 6. The number of amides is 1. The van der Waals surface area contributed by atoms with Gasteiger partial charge in [0.25, 0.3) is 5.91 Å². The third kappa shape index (κ3) is 5.50. The summed E-state index contributed by atoms with van der Waals surface area (Å²) in [5.41, 5.74) is 1.59. The molecule has 10 heteroatoms. The van der Waals surface area contributed by atoms with Crippen LogP contribution in [0, 0.1) is 6.92 Å². The second kappa shape index (κ2) is 10.1. The molecular weight excluding hydrogens is 442 g/mol. The first-order chi connectivity index (χ1) is 14.8. The van der Waals surface area contributed by atoms with Crippen molar-refractivity contribution in [3.63, 3.8) is 0 Å². The largest absolute Gasteiger partial charge is 0.385 e. The van der Waals surface area contributed by atoms with E-state index in [4.69, 9.17) is 20.9 Å². The molecule has 0 aliphatic heterocycles. The number of aryl methyl sites for hydroxylation is 1. The molecule has 1 aromatic heterocycles. The van der Waals surface area contributed by atoms with E-state index in [1.54, 1.807) is 38.3 Å². The molecule has 0 atom stereocenters. The Morgan fingerprint density at radius 3 is 2.55 bits per heavy atom. The molecule has 0 bridgehead atoms. The highest BCUT2D eigenvalue weighted by Gasteiger charge is 2.23. The van der Waals surface area contributed by atoms with Crippen LogP contribution in [-0.2, 0) is 14.8 Å². The summed E-state index contributed by atoms with van der Waals surface area (Å²) in [6.07, 6.45) is 0.565. The molecule has 1 heterocycles. The van der Waals surface area contributed by atoms with Gasteiger partial charge in [-0.1, -0.05) is 35.0 Å². The van der Waals surface area contributed by atoms with Crippen molar-refractivity contribution in [3.8, 4) is 11.3 Å².